The molecule has 142 valence electrons. The van der Waals surface area contributed by atoms with Gasteiger partial charge in [0.25, 0.3) is 0 Å². The maximum Gasteiger partial charge on any atom is 0.357 e. The third kappa shape index (κ3) is 4.49. The first-order valence-corrected chi connectivity index (χ1v) is 9.93. The van der Waals surface area contributed by atoms with Crippen molar-refractivity contribution in [1.29, 1.82) is 0 Å². The lowest BCUT2D eigenvalue weighted by molar-refractivity contribution is -0.136. The molecule has 1 aromatic carbocycles. The molecule has 0 saturated carbocycles. The normalized spacial score (nSPS) is 11.8. The first kappa shape index (κ1) is 20.5. The van der Waals surface area contributed by atoms with E-state index >= 15 is 0 Å². The van der Waals surface area contributed by atoms with Crippen molar-refractivity contribution in [3.05, 3.63) is 39.8 Å². The molecule has 1 heterocycles. The van der Waals surface area contributed by atoms with Gasteiger partial charge in [0.2, 0.25) is 0 Å². The standard InChI is InChI=1S/C16H18Cl2N2O5S/c1-4-20-13(8-14(21)22)19-15(9(2)3)16(20)26(23,24)25-12-6-10(17)5-11(18)7-12/h5-7,9H,4,8H2,1-3H3,(H,21,22). The molecule has 1 N–H and O–H groups in total. The van der Waals surface area contributed by atoms with Crippen LogP contribution in [0, 0.1) is 0 Å². The summed E-state index contributed by atoms with van der Waals surface area (Å²) in [7, 11) is -4.29. The number of carboxylic acids is 1. The van der Waals surface area contributed by atoms with Crippen LogP contribution in [0.4, 0.5) is 0 Å². The first-order chi connectivity index (χ1) is 12.0. The zero-order chi connectivity index (χ0) is 19.6. The second-order valence-electron chi connectivity index (χ2n) is 5.83. The lowest BCUT2D eigenvalue weighted by atomic mass is 10.1. The summed E-state index contributed by atoms with van der Waals surface area (Å²) >= 11 is 11.8. The Morgan fingerprint density at radius 2 is 1.85 bits per heavy atom. The molecule has 0 atom stereocenters. The highest BCUT2D eigenvalue weighted by Gasteiger charge is 2.31. The highest BCUT2D eigenvalue weighted by Crippen LogP contribution is 2.30. The Morgan fingerprint density at radius 3 is 2.31 bits per heavy atom. The lowest BCUT2D eigenvalue weighted by Gasteiger charge is -2.13. The molecule has 0 bridgehead atoms. The maximum atomic E-state index is 12.9. The van der Waals surface area contributed by atoms with Gasteiger partial charge in [0.05, 0.1) is 5.69 Å². The predicted molar refractivity (Wildman–Crippen MR) is 97.6 cm³/mol. The number of rotatable bonds is 7. The van der Waals surface area contributed by atoms with E-state index in [0.29, 0.717) is 0 Å². The van der Waals surface area contributed by atoms with E-state index in [1.54, 1.807) is 20.8 Å². The van der Waals surface area contributed by atoms with E-state index in [1.807, 2.05) is 0 Å². The fourth-order valence-corrected chi connectivity index (χ4v) is 4.46. The first-order valence-electron chi connectivity index (χ1n) is 7.76. The monoisotopic (exact) mass is 420 g/mol. The second-order valence-corrected chi connectivity index (χ2v) is 8.16. The summed E-state index contributed by atoms with van der Waals surface area (Å²) in [4.78, 5) is 15.3. The summed E-state index contributed by atoms with van der Waals surface area (Å²) in [6.07, 6.45) is -0.397. The van der Waals surface area contributed by atoms with Crippen LogP contribution < -0.4 is 4.18 Å². The predicted octanol–water partition coefficient (Wildman–Crippen LogP) is 3.73. The van der Waals surface area contributed by atoms with Crippen molar-refractivity contribution in [1.82, 2.24) is 9.55 Å². The van der Waals surface area contributed by atoms with Crippen molar-refractivity contribution < 1.29 is 22.5 Å². The third-order valence-electron chi connectivity index (χ3n) is 3.48. The van der Waals surface area contributed by atoms with E-state index < -0.39 is 22.5 Å². The van der Waals surface area contributed by atoms with Gasteiger partial charge >= 0.3 is 16.1 Å². The van der Waals surface area contributed by atoms with Crippen molar-refractivity contribution in [2.75, 3.05) is 0 Å². The number of nitrogens with zero attached hydrogens (tertiary/aromatic N) is 2. The topological polar surface area (TPSA) is 98.5 Å². The summed E-state index contributed by atoms with van der Waals surface area (Å²) in [5.41, 5.74) is 0.247. The van der Waals surface area contributed by atoms with Gasteiger partial charge in [0, 0.05) is 28.7 Å². The molecule has 0 aliphatic carbocycles. The van der Waals surface area contributed by atoms with Crippen molar-refractivity contribution in [3.8, 4) is 5.75 Å². The van der Waals surface area contributed by atoms with Gasteiger partial charge in [-0.2, -0.15) is 8.42 Å². The molecular formula is C16H18Cl2N2O5S. The van der Waals surface area contributed by atoms with Crippen LogP contribution in [0.25, 0.3) is 0 Å². The van der Waals surface area contributed by atoms with E-state index in [1.165, 1.54) is 22.8 Å². The van der Waals surface area contributed by atoms with Gasteiger partial charge in [-0.05, 0) is 18.9 Å². The highest BCUT2D eigenvalue weighted by molar-refractivity contribution is 7.87. The number of imidazole rings is 1. The second kappa shape index (κ2) is 7.85. The van der Waals surface area contributed by atoms with Crippen LogP contribution in [0.2, 0.25) is 10.0 Å². The number of halogens is 2. The fraction of sp³-hybridized carbons (Fsp3) is 0.375. The number of benzene rings is 1. The summed E-state index contributed by atoms with van der Waals surface area (Å²) in [6.45, 7) is 5.45. The van der Waals surface area contributed by atoms with Crippen LogP contribution >= 0.6 is 23.2 Å². The largest absolute Gasteiger partial charge is 0.481 e. The molecule has 0 radical (unpaired) electrons. The van der Waals surface area contributed by atoms with Gasteiger partial charge in [-0.1, -0.05) is 37.0 Å². The van der Waals surface area contributed by atoms with Crippen LogP contribution in [0.15, 0.2) is 23.2 Å². The zero-order valence-corrected chi connectivity index (χ0v) is 16.7. The molecular weight excluding hydrogens is 403 g/mol. The van der Waals surface area contributed by atoms with Crippen molar-refractivity contribution in [3.63, 3.8) is 0 Å². The van der Waals surface area contributed by atoms with Gasteiger partial charge in [0.1, 0.15) is 18.0 Å². The lowest BCUT2D eigenvalue weighted by Crippen LogP contribution is -2.18. The van der Waals surface area contributed by atoms with Crippen molar-refractivity contribution in [2.24, 2.45) is 0 Å². The minimum Gasteiger partial charge on any atom is -0.481 e. The Kier molecular flexibility index (Phi) is 6.21. The van der Waals surface area contributed by atoms with Crippen LogP contribution in [-0.4, -0.2) is 29.0 Å². The Hall–Kier alpha value is -1.77. The average molecular weight is 421 g/mol. The van der Waals surface area contributed by atoms with Crippen molar-refractivity contribution >= 4 is 39.3 Å². The molecule has 0 aliphatic heterocycles. The van der Waals surface area contributed by atoms with Gasteiger partial charge in [-0.15, -0.1) is 0 Å². The van der Waals surface area contributed by atoms with Crippen LogP contribution in [0.5, 0.6) is 5.75 Å². The van der Waals surface area contributed by atoms with Gasteiger partial charge in [0.15, 0.2) is 5.03 Å². The van der Waals surface area contributed by atoms with E-state index in [9.17, 15) is 13.2 Å². The summed E-state index contributed by atoms with van der Waals surface area (Å²) in [5, 5.41) is 9.35. The molecule has 0 spiro atoms. The minimum absolute atomic E-state index is 0.0409. The maximum absolute atomic E-state index is 12.9. The van der Waals surface area contributed by atoms with E-state index in [-0.39, 0.29) is 44.8 Å². The molecule has 0 amide bonds. The number of aromatic nitrogens is 2. The molecule has 10 heteroatoms. The van der Waals surface area contributed by atoms with Crippen LogP contribution in [0.3, 0.4) is 0 Å². The Balaban J connectivity index is 2.59. The quantitative estimate of drug-likeness (QED) is 0.684. The molecule has 0 aliphatic rings. The van der Waals surface area contributed by atoms with Crippen LogP contribution in [0.1, 0.15) is 38.2 Å². The number of carboxylic acid groups (broad SMARTS) is 1. The molecule has 2 aromatic rings. The van der Waals surface area contributed by atoms with E-state index in [2.05, 4.69) is 4.98 Å². The van der Waals surface area contributed by atoms with Crippen molar-refractivity contribution in [2.45, 2.75) is 44.7 Å². The van der Waals surface area contributed by atoms with Gasteiger partial charge in [-0.25, -0.2) is 4.98 Å². The fourth-order valence-electron chi connectivity index (χ4n) is 2.48. The molecule has 26 heavy (non-hydrogen) atoms. The average Bonchev–Trinajstić information content (AvgIpc) is 2.84. The third-order valence-corrected chi connectivity index (χ3v) is 5.23. The molecule has 2 rings (SSSR count). The van der Waals surface area contributed by atoms with E-state index in [4.69, 9.17) is 32.5 Å². The molecule has 1 aromatic heterocycles. The smallest absolute Gasteiger partial charge is 0.357 e. The molecule has 7 nitrogen and oxygen atoms in total. The number of hydrogen-bond acceptors (Lipinski definition) is 5. The van der Waals surface area contributed by atoms with Crippen LogP contribution in [-0.2, 0) is 27.9 Å². The highest BCUT2D eigenvalue weighted by atomic mass is 35.5. The Bertz CT molecular complexity index is 918. The summed E-state index contributed by atoms with van der Waals surface area (Å²) in [6, 6.07) is 4.10. The SMILES string of the molecule is CCn1c(CC(=O)O)nc(C(C)C)c1S(=O)(=O)Oc1cc(Cl)cc(Cl)c1. The Morgan fingerprint density at radius 1 is 1.27 bits per heavy atom. The summed E-state index contributed by atoms with van der Waals surface area (Å²) in [5.74, 6) is -1.26. The zero-order valence-electron chi connectivity index (χ0n) is 14.4. The molecule has 0 saturated heterocycles. The van der Waals surface area contributed by atoms with E-state index in [0.717, 1.165) is 0 Å². The van der Waals surface area contributed by atoms with Gasteiger partial charge in [-0.3, -0.25) is 4.79 Å². The summed E-state index contributed by atoms with van der Waals surface area (Å²) < 4.78 is 32.4. The Labute approximate surface area is 161 Å². The molecule has 0 unspecified atom stereocenters. The number of hydrogen-bond donors (Lipinski definition) is 1. The number of carbonyl (C=O) groups is 1. The minimum atomic E-state index is -4.29. The van der Waals surface area contributed by atoms with Gasteiger partial charge < -0.3 is 13.9 Å². The molecule has 0 fully saturated rings. The number of aliphatic carboxylic acids is 1.